The largest absolute Gasteiger partial charge is 0.490 e. The average molecular weight is 694 g/mol. The Morgan fingerprint density at radius 1 is 1.15 bits per heavy atom. The Bertz CT molecular complexity index is 1830. The third kappa shape index (κ3) is 8.50. The molecule has 0 saturated carbocycles. The zero-order valence-electron chi connectivity index (χ0n) is 25.9. The second kappa shape index (κ2) is 14.7. The smallest absolute Gasteiger partial charge is 0.163 e. The minimum atomic E-state index is -0.683. The number of nitriles is 1. The summed E-state index contributed by atoms with van der Waals surface area (Å²) in [4.78, 5) is 17.8. The number of rotatable bonds is 12. The first-order valence-electron chi connectivity index (χ1n) is 15.2. The summed E-state index contributed by atoms with van der Waals surface area (Å²) in [6.45, 7) is 4.53. The molecule has 1 aromatic heterocycles. The van der Waals surface area contributed by atoms with E-state index < -0.39 is 5.79 Å². The van der Waals surface area contributed by atoms with E-state index >= 15 is 0 Å². The maximum Gasteiger partial charge on any atom is 0.163 e. The van der Waals surface area contributed by atoms with Crippen molar-refractivity contribution in [3.8, 4) is 17.6 Å². The molecule has 3 heterocycles. The molecule has 12 heteroatoms. The lowest BCUT2D eigenvalue weighted by Gasteiger charge is -2.19. The zero-order valence-corrected chi connectivity index (χ0v) is 28.3. The van der Waals surface area contributed by atoms with Gasteiger partial charge in [0.1, 0.15) is 48.5 Å². The lowest BCUT2D eigenvalue weighted by molar-refractivity contribution is -0.141. The fourth-order valence-corrected chi connectivity index (χ4v) is 8.64. The van der Waals surface area contributed by atoms with Crippen molar-refractivity contribution in [1.29, 1.82) is 5.26 Å². The van der Waals surface area contributed by atoms with Gasteiger partial charge < -0.3 is 24.3 Å². The van der Waals surface area contributed by atoms with Gasteiger partial charge in [-0.1, -0.05) is 45.3 Å². The summed E-state index contributed by atoms with van der Waals surface area (Å²) in [5, 5.41) is 14.4. The molecule has 8 nitrogen and oxygen atoms in total. The van der Waals surface area contributed by atoms with Gasteiger partial charge in [0.05, 0.1) is 28.4 Å². The van der Waals surface area contributed by atoms with Crippen LogP contribution in [0.15, 0.2) is 60.8 Å². The first kappa shape index (κ1) is 33.4. The second-order valence-electron chi connectivity index (χ2n) is 11.9. The summed E-state index contributed by atoms with van der Waals surface area (Å²) in [6.07, 6.45) is 1.93. The van der Waals surface area contributed by atoms with Crippen molar-refractivity contribution in [3.05, 3.63) is 88.3 Å². The lowest BCUT2D eigenvalue weighted by atomic mass is 9.98. The van der Waals surface area contributed by atoms with Gasteiger partial charge in [-0.2, -0.15) is 5.26 Å². The molecule has 2 saturated heterocycles. The molecule has 3 aromatic carbocycles. The number of pyridine rings is 1. The molecule has 0 unspecified atom stereocenters. The van der Waals surface area contributed by atoms with E-state index in [1.54, 1.807) is 51.9 Å². The maximum absolute atomic E-state index is 13.6. The van der Waals surface area contributed by atoms with Crippen LogP contribution in [-0.4, -0.2) is 47.4 Å². The van der Waals surface area contributed by atoms with Crippen LogP contribution in [-0.2, 0) is 27.3 Å². The van der Waals surface area contributed by atoms with Gasteiger partial charge in [0.25, 0.3) is 0 Å². The van der Waals surface area contributed by atoms with E-state index in [0.717, 1.165) is 11.5 Å². The number of aromatic nitrogens is 1. The fraction of sp³-hybridized carbons (Fsp3) is 0.343. The summed E-state index contributed by atoms with van der Waals surface area (Å²) >= 11 is 6.57. The van der Waals surface area contributed by atoms with Crippen molar-refractivity contribution < 1.29 is 28.1 Å². The Morgan fingerprint density at radius 2 is 1.98 bits per heavy atom. The Labute approximate surface area is 285 Å². The van der Waals surface area contributed by atoms with Gasteiger partial charge in [-0.15, -0.1) is 0 Å². The second-order valence-corrected chi connectivity index (χ2v) is 14.9. The molecule has 47 heavy (non-hydrogen) atoms. The summed E-state index contributed by atoms with van der Waals surface area (Å²) in [5.74, 6) is 2.36. The van der Waals surface area contributed by atoms with Crippen LogP contribution in [0.1, 0.15) is 37.0 Å². The highest BCUT2D eigenvalue weighted by Crippen LogP contribution is 2.38. The molecule has 0 aliphatic carbocycles. The lowest BCUT2D eigenvalue weighted by Crippen LogP contribution is -2.25. The van der Waals surface area contributed by atoms with Crippen LogP contribution in [0.4, 0.5) is 15.8 Å². The first-order valence-corrected chi connectivity index (χ1v) is 18.0. The van der Waals surface area contributed by atoms with Gasteiger partial charge in [-0.3, -0.25) is 9.78 Å². The van der Waals surface area contributed by atoms with E-state index in [9.17, 15) is 14.4 Å². The van der Waals surface area contributed by atoms with Gasteiger partial charge in [0, 0.05) is 53.2 Å². The van der Waals surface area contributed by atoms with Crippen LogP contribution in [0.2, 0.25) is 5.02 Å². The molecule has 0 radical (unpaired) electrons. The van der Waals surface area contributed by atoms with Crippen molar-refractivity contribution in [3.63, 3.8) is 0 Å². The van der Waals surface area contributed by atoms with Crippen molar-refractivity contribution in [1.82, 2.24) is 4.98 Å². The fourth-order valence-electron chi connectivity index (χ4n) is 5.47. The predicted molar refractivity (Wildman–Crippen MR) is 184 cm³/mol. The maximum atomic E-state index is 13.6. The highest BCUT2D eigenvalue weighted by Gasteiger charge is 2.33. The number of ketones is 1. The summed E-state index contributed by atoms with van der Waals surface area (Å²) < 4.78 is 37.3. The number of nitrogens with zero attached hydrogens (tertiary/aromatic N) is 2. The summed E-state index contributed by atoms with van der Waals surface area (Å²) in [6, 6.07) is 17.3. The van der Waals surface area contributed by atoms with E-state index in [0.29, 0.717) is 74.4 Å². The van der Waals surface area contributed by atoms with Crippen molar-refractivity contribution in [2.24, 2.45) is 5.92 Å². The van der Waals surface area contributed by atoms with E-state index in [4.69, 9.17) is 30.5 Å². The molecular weight excluding hydrogens is 661 g/mol. The molecule has 1 N–H and O–H groups in total. The number of fused-ring (bicyclic) bond motifs is 1. The molecule has 4 aromatic rings. The standard InChI is InChI=1S/C35H33ClFN3O5S2/c1-35(2)44-18-28(45-35)17-43-33-13-31-29(11-23(33)10-27(41)9-22-19-46-47-20-22)34(24(14-38)15-39-31)40-26-6-7-32(30(36)12-26)42-16-21-4-3-5-25(37)8-21/h3-8,11-13,15,22,28H,9-10,16-20H2,1-2H3,(H,39,40)/t28-/m1/s1. The summed E-state index contributed by atoms with van der Waals surface area (Å²) in [7, 11) is 3.61. The number of carbonyl (C=O) groups is 1. The number of hydrogen-bond acceptors (Lipinski definition) is 10. The molecule has 2 aliphatic rings. The van der Waals surface area contributed by atoms with Crippen LogP contribution in [0, 0.1) is 23.1 Å². The number of hydrogen-bond donors (Lipinski definition) is 1. The van der Waals surface area contributed by atoms with Gasteiger partial charge >= 0.3 is 0 Å². The molecule has 244 valence electrons. The van der Waals surface area contributed by atoms with Crippen LogP contribution < -0.4 is 14.8 Å². The van der Waals surface area contributed by atoms with Crippen LogP contribution >= 0.6 is 33.2 Å². The van der Waals surface area contributed by atoms with E-state index in [-0.39, 0.29) is 37.3 Å². The van der Waals surface area contributed by atoms with E-state index in [1.165, 1.54) is 18.3 Å². The number of benzene rings is 3. The Hall–Kier alpha value is -3.53. The van der Waals surface area contributed by atoms with E-state index in [2.05, 4.69) is 16.4 Å². The number of Topliss-reactive ketones (excluding diaryl/α,β-unsaturated/α-hetero) is 1. The predicted octanol–water partition coefficient (Wildman–Crippen LogP) is 8.26. The highest BCUT2D eigenvalue weighted by molar-refractivity contribution is 8.77. The van der Waals surface area contributed by atoms with Crippen molar-refractivity contribution in [2.75, 3.05) is 30.0 Å². The molecule has 0 bridgehead atoms. The highest BCUT2D eigenvalue weighted by atomic mass is 35.5. The number of anilines is 2. The number of halogens is 2. The van der Waals surface area contributed by atoms with Gasteiger partial charge in [-0.25, -0.2) is 4.39 Å². The van der Waals surface area contributed by atoms with Crippen LogP contribution in [0.3, 0.4) is 0 Å². The number of carbonyl (C=O) groups excluding carboxylic acids is 1. The number of nitrogens with one attached hydrogen (secondary N) is 1. The van der Waals surface area contributed by atoms with Crippen molar-refractivity contribution in [2.45, 2.75) is 45.2 Å². The summed E-state index contributed by atoms with van der Waals surface area (Å²) in [5.41, 5.74) is 3.44. The Morgan fingerprint density at radius 3 is 2.70 bits per heavy atom. The average Bonchev–Trinajstić information content (AvgIpc) is 3.68. The molecule has 0 amide bonds. The molecule has 2 fully saturated rings. The van der Waals surface area contributed by atoms with Crippen LogP contribution in [0.5, 0.6) is 11.5 Å². The Kier molecular flexibility index (Phi) is 10.4. The normalized spacial score (nSPS) is 17.5. The van der Waals surface area contributed by atoms with E-state index in [1.807, 2.05) is 26.0 Å². The molecule has 1 atom stereocenters. The van der Waals surface area contributed by atoms with Gasteiger partial charge in [-0.05, 0) is 61.7 Å². The minimum absolute atomic E-state index is 0.128. The third-order valence-electron chi connectivity index (χ3n) is 7.74. The van der Waals surface area contributed by atoms with Gasteiger partial charge in [0.2, 0.25) is 0 Å². The SMILES string of the molecule is CC1(C)OC[C@@H](COc2cc3ncc(C#N)c(Nc4ccc(OCc5cccc(F)c5)c(Cl)c4)c3cc2CC(=O)CC2CSSC2)O1. The van der Waals surface area contributed by atoms with Crippen LogP contribution in [0.25, 0.3) is 10.9 Å². The third-order valence-corrected chi connectivity index (χ3v) is 10.7. The van der Waals surface area contributed by atoms with Gasteiger partial charge in [0.15, 0.2) is 5.79 Å². The molecule has 0 spiro atoms. The quantitative estimate of drug-likeness (QED) is 0.146. The zero-order chi connectivity index (χ0) is 33.0. The molecule has 6 rings (SSSR count). The molecular formula is C35H33ClFN3O5S2. The minimum Gasteiger partial charge on any atom is -0.490 e. The number of ether oxygens (including phenoxy) is 4. The monoisotopic (exact) mass is 693 g/mol. The van der Waals surface area contributed by atoms with Crippen molar-refractivity contribution >= 4 is 61.2 Å². The topological polar surface area (TPSA) is 103 Å². The first-order chi connectivity index (χ1) is 22.7. The Balaban J connectivity index is 1.27. The molecule has 2 aliphatic heterocycles.